The molecule has 2 heterocycles. The van der Waals surface area contributed by atoms with E-state index < -0.39 is 0 Å². The molecule has 0 atom stereocenters. The first-order chi connectivity index (χ1) is 9.72. The smallest absolute Gasteiger partial charge is 0.132 e. The molecular weight excluding hydrogens is 248 g/mol. The van der Waals surface area contributed by atoms with E-state index in [4.69, 9.17) is 5.73 Å². The average Bonchev–Trinajstić information content (AvgIpc) is 2.75. The fourth-order valence-corrected chi connectivity index (χ4v) is 2.44. The summed E-state index contributed by atoms with van der Waals surface area (Å²) in [6.45, 7) is 6.36. The Kier molecular flexibility index (Phi) is 2.99. The number of pyridine rings is 1. The first-order valence-electron chi connectivity index (χ1n) is 6.49. The maximum Gasteiger partial charge on any atom is 0.132 e. The van der Waals surface area contributed by atoms with Gasteiger partial charge in [0.05, 0.1) is 0 Å². The molecule has 0 aliphatic carbocycles. The normalized spacial score (nSPS) is 10.8. The Hall–Kier alpha value is -2.62. The Bertz CT molecular complexity index is 781. The van der Waals surface area contributed by atoms with Crippen LogP contribution >= 0.6 is 0 Å². The zero-order chi connectivity index (χ0) is 14.1. The van der Waals surface area contributed by atoms with E-state index in [1.165, 1.54) is 0 Å². The second-order valence-corrected chi connectivity index (χ2v) is 4.70. The number of hydrogen-bond donors (Lipinski definition) is 1. The summed E-state index contributed by atoms with van der Waals surface area (Å²) in [5.74, 6) is 1.53. The minimum atomic E-state index is 0.653. The Morgan fingerprint density at radius 2 is 2.10 bits per heavy atom. The van der Waals surface area contributed by atoms with Gasteiger partial charge in [-0.05, 0) is 12.3 Å². The molecule has 2 N–H and O–H groups in total. The van der Waals surface area contributed by atoms with Gasteiger partial charge in [-0.25, -0.2) is 4.98 Å². The summed E-state index contributed by atoms with van der Waals surface area (Å²) < 4.78 is 1.95. The number of aryl methyl sites for hydroxylation is 1. The van der Waals surface area contributed by atoms with Gasteiger partial charge in [-0.2, -0.15) is 0 Å². The van der Waals surface area contributed by atoms with Gasteiger partial charge < -0.3 is 10.3 Å². The van der Waals surface area contributed by atoms with Crippen LogP contribution in [-0.4, -0.2) is 14.5 Å². The van der Waals surface area contributed by atoms with Crippen LogP contribution in [0.15, 0.2) is 49.3 Å². The van der Waals surface area contributed by atoms with Gasteiger partial charge in [0.1, 0.15) is 17.3 Å². The lowest BCUT2D eigenvalue weighted by Gasteiger charge is -2.06. The fraction of sp³-hybridized carbons (Fsp3) is 0.125. The van der Waals surface area contributed by atoms with Crippen LogP contribution < -0.4 is 5.73 Å². The number of nitrogen functional groups attached to an aromatic ring is 1. The molecule has 20 heavy (non-hydrogen) atoms. The van der Waals surface area contributed by atoms with Crippen LogP contribution in [0.25, 0.3) is 22.0 Å². The van der Waals surface area contributed by atoms with E-state index in [1.807, 2.05) is 48.2 Å². The fourth-order valence-electron chi connectivity index (χ4n) is 2.44. The van der Waals surface area contributed by atoms with Crippen molar-refractivity contribution in [3.63, 3.8) is 0 Å². The Balaban J connectivity index is 2.26. The van der Waals surface area contributed by atoms with E-state index in [-0.39, 0.29) is 0 Å². The molecular formula is C16H16N4. The number of hydrogen-bond acceptors (Lipinski definition) is 3. The number of nitrogens with two attached hydrogens (primary N) is 1. The average molecular weight is 264 g/mol. The van der Waals surface area contributed by atoms with E-state index in [1.54, 1.807) is 0 Å². The molecule has 2 aromatic heterocycles. The molecule has 0 aliphatic heterocycles. The molecule has 0 radical (unpaired) electrons. The molecule has 0 bridgehead atoms. The van der Waals surface area contributed by atoms with Crippen LogP contribution in [-0.2, 0) is 6.54 Å². The van der Waals surface area contributed by atoms with Crippen molar-refractivity contribution in [2.45, 2.75) is 13.5 Å². The van der Waals surface area contributed by atoms with Gasteiger partial charge in [0.15, 0.2) is 0 Å². The summed E-state index contributed by atoms with van der Waals surface area (Å²) in [6, 6.07) is 8.11. The van der Waals surface area contributed by atoms with Crippen LogP contribution in [0.2, 0.25) is 0 Å². The number of imidazole rings is 1. The first kappa shape index (κ1) is 12.4. The van der Waals surface area contributed by atoms with Crippen molar-refractivity contribution >= 4 is 16.6 Å². The molecule has 0 amide bonds. The van der Waals surface area contributed by atoms with Crippen molar-refractivity contribution in [2.24, 2.45) is 0 Å². The Morgan fingerprint density at radius 1 is 1.30 bits per heavy atom. The number of anilines is 1. The van der Waals surface area contributed by atoms with E-state index >= 15 is 0 Å². The molecule has 0 aliphatic rings. The third-order valence-corrected chi connectivity index (χ3v) is 3.43. The first-order valence-corrected chi connectivity index (χ1v) is 6.49. The number of allylic oxidation sites excluding steroid dienone is 1. The highest BCUT2D eigenvalue weighted by molar-refractivity contribution is 5.96. The highest BCUT2D eigenvalue weighted by Gasteiger charge is 2.15. The Labute approximate surface area is 117 Å². The van der Waals surface area contributed by atoms with E-state index in [9.17, 15) is 0 Å². The predicted octanol–water partition coefficient (Wildman–Crippen LogP) is 3.17. The van der Waals surface area contributed by atoms with Crippen molar-refractivity contribution in [3.8, 4) is 11.3 Å². The lowest BCUT2D eigenvalue weighted by Crippen LogP contribution is -2.03. The molecule has 100 valence electrons. The van der Waals surface area contributed by atoms with Crippen molar-refractivity contribution in [1.82, 2.24) is 14.5 Å². The highest BCUT2D eigenvalue weighted by atomic mass is 15.1. The Morgan fingerprint density at radius 3 is 2.90 bits per heavy atom. The second kappa shape index (κ2) is 4.81. The van der Waals surface area contributed by atoms with Gasteiger partial charge >= 0.3 is 0 Å². The van der Waals surface area contributed by atoms with Crippen molar-refractivity contribution < 1.29 is 0 Å². The molecule has 0 saturated carbocycles. The maximum atomic E-state index is 6.24. The second-order valence-electron chi connectivity index (χ2n) is 4.70. The standard InChI is InChI=1S/C16H16N4/c1-3-8-20-11(2)19-15(16(20)17)14-10-18-9-12-6-4-5-7-13(12)14/h3-7,9-10H,1,8,17H2,2H3. The monoisotopic (exact) mass is 264 g/mol. The summed E-state index contributed by atoms with van der Waals surface area (Å²) in [7, 11) is 0. The van der Waals surface area contributed by atoms with Gasteiger partial charge in [-0.3, -0.25) is 4.98 Å². The largest absolute Gasteiger partial charge is 0.383 e. The van der Waals surface area contributed by atoms with Crippen molar-refractivity contribution in [3.05, 3.63) is 55.1 Å². The minimum Gasteiger partial charge on any atom is -0.383 e. The molecule has 4 heteroatoms. The zero-order valence-corrected chi connectivity index (χ0v) is 11.4. The third kappa shape index (κ3) is 1.86. The van der Waals surface area contributed by atoms with Crippen LogP contribution in [0, 0.1) is 6.92 Å². The van der Waals surface area contributed by atoms with Crippen LogP contribution in [0.4, 0.5) is 5.82 Å². The minimum absolute atomic E-state index is 0.653. The quantitative estimate of drug-likeness (QED) is 0.739. The van der Waals surface area contributed by atoms with Crippen LogP contribution in [0.1, 0.15) is 5.82 Å². The summed E-state index contributed by atoms with van der Waals surface area (Å²) in [5.41, 5.74) is 7.99. The molecule has 4 nitrogen and oxygen atoms in total. The SMILES string of the molecule is C=CCn1c(C)nc(-c2cncc3ccccc23)c1N. The third-order valence-electron chi connectivity index (χ3n) is 3.43. The molecule has 3 aromatic rings. The molecule has 0 saturated heterocycles. The summed E-state index contributed by atoms with van der Waals surface area (Å²) in [6.07, 6.45) is 5.48. The molecule has 3 rings (SSSR count). The molecule has 1 aromatic carbocycles. The van der Waals surface area contributed by atoms with Gasteiger partial charge in [0, 0.05) is 29.9 Å². The van der Waals surface area contributed by atoms with Crippen LogP contribution in [0.5, 0.6) is 0 Å². The van der Waals surface area contributed by atoms with Crippen LogP contribution in [0.3, 0.4) is 0 Å². The molecule has 0 unspecified atom stereocenters. The highest BCUT2D eigenvalue weighted by Crippen LogP contribution is 2.31. The number of nitrogens with zero attached hydrogens (tertiary/aromatic N) is 3. The van der Waals surface area contributed by atoms with E-state index in [2.05, 4.69) is 22.6 Å². The molecule has 0 fully saturated rings. The van der Waals surface area contributed by atoms with Crippen molar-refractivity contribution in [1.29, 1.82) is 0 Å². The number of aromatic nitrogens is 3. The number of fused-ring (bicyclic) bond motifs is 1. The van der Waals surface area contributed by atoms with Gasteiger partial charge in [-0.15, -0.1) is 6.58 Å². The van der Waals surface area contributed by atoms with E-state index in [0.29, 0.717) is 12.4 Å². The summed E-state index contributed by atoms with van der Waals surface area (Å²) in [4.78, 5) is 8.89. The molecule has 0 spiro atoms. The number of rotatable bonds is 3. The van der Waals surface area contributed by atoms with Gasteiger partial charge in [-0.1, -0.05) is 30.3 Å². The zero-order valence-electron chi connectivity index (χ0n) is 11.4. The van der Waals surface area contributed by atoms with Gasteiger partial charge in [0.25, 0.3) is 0 Å². The summed E-state index contributed by atoms with van der Waals surface area (Å²) >= 11 is 0. The maximum absolute atomic E-state index is 6.24. The van der Waals surface area contributed by atoms with Crippen molar-refractivity contribution in [2.75, 3.05) is 5.73 Å². The number of benzene rings is 1. The van der Waals surface area contributed by atoms with E-state index in [0.717, 1.165) is 27.9 Å². The lowest BCUT2D eigenvalue weighted by molar-refractivity contribution is 0.792. The van der Waals surface area contributed by atoms with Gasteiger partial charge in [0.2, 0.25) is 0 Å². The predicted molar refractivity (Wildman–Crippen MR) is 82.3 cm³/mol. The topological polar surface area (TPSA) is 56.7 Å². The summed E-state index contributed by atoms with van der Waals surface area (Å²) in [5, 5.41) is 2.19. The lowest BCUT2D eigenvalue weighted by atomic mass is 10.1.